The zero-order valence-corrected chi connectivity index (χ0v) is 38.4. The first kappa shape index (κ1) is 49.7. The van der Waals surface area contributed by atoms with E-state index in [9.17, 15) is 39.0 Å². The largest absolute Gasteiger partial charge is 0.481 e. The molecule has 66 heavy (non-hydrogen) atoms. The molecule has 358 valence electrons. The number of esters is 4. The van der Waals surface area contributed by atoms with Crippen LogP contribution in [0.25, 0.3) is 0 Å². The number of fused-ring (bicyclic) bond motifs is 5. The molecule has 6 rings (SSSR count). The van der Waals surface area contributed by atoms with Gasteiger partial charge in [-0.1, -0.05) is 62.4 Å². The van der Waals surface area contributed by atoms with Gasteiger partial charge in [-0.15, -0.1) is 0 Å². The Morgan fingerprint density at radius 2 is 1.58 bits per heavy atom. The van der Waals surface area contributed by atoms with Gasteiger partial charge in [-0.05, 0) is 56.0 Å². The van der Waals surface area contributed by atoms with E-state index in [1.807, 2.05) is 0 Å². The fourth-order valence-corrected chi connectivity index (χ4v) is 10.6. The van der Waals surface area contributed by atoms with Crippen LogP contribution in [0, 0.1) is 16.7 Å². The van der Waals surface area contributed by atoms with Crippen molar-refractivity contribution in [2.45, 2.75) is 128 Å². The van der Waals surface area contributed by atoms with Crippen molar-refractivity contribution in [2.24, 2.45) is 16.7 Å². The van der Waals surface area contributed by atoms with Crippen molar-refractivity contribution < 1.29 is 81.7 Å². The van der Waals surface area contributed by atoms with Crippen LogP contribution in [0.1, 0.15) is 95.6 Å². The Morgan fingerprint density at radius 3 is 2.14 bits per heavy atom. The van der Waals surface area contributed by atoms with Crippen molar-refractivity contribution in [1.82, 2.24) is 5.32 Å². The summed E-state index contributed by atoms with van der Waals surface area (Å²) in [6.07, 6.45) is -10.7. The number of ketones is 1. The van der Waals surface area contributed by atoms with E-state index in [4.69, 9.17) is 37.9 Å². The molecule has 0 radical (unpaired) electrons. The number of benzene rings is 2. The first-order valence-electron chi connectivity index (χ1n) is 21.9. The number of nitrogens with one attached hydrogen (secondary N) is 1. The number of hydrogen-bond acceptors (Lipinski definition) is 16. The van der Waals surface area contributed by atoms with E-state index in [1.54, 1.807) is 83.1 Å². The van der Waals surface area contributed by atoms with Crippen LogP contribution in [0.5, 0.6) is 0 Å². The summed E-state index contributed by atoms with van der Waals surface area (Å²) in [6.45, 7) is 9.00. The molecule has 1 saturated heterocycles. The van der Waals surface area contributed by atoms with Gasteiger partial charge in [0.05, 0.1) is 36.2 Å². The normalized spacial score (nSPS) is 30.6. The summed E-state index contributed by atoms with van der Waals surface area (Å²) >= 11 is 0. The van der Waals surface area contributed by atoms with Gasteiger partial charge >= 0.3 is 35.9 Å². The summed E-state index contributed by atoms with van der Waals surface area (Å²) in [5, 5.41) is 25.7. The summed E-state index contributed by atoms with van der Waals surface area (Å²) in [4.78, 5) is 95.9. The second kappa shape index (κ2) is 19.6. The highest BCUT2D eigenvalue weighted by molar-refractivity contribution is 5.94. The Morgan fingerprint density at radius 1 is 0.924 bits per heavy atom. The topological polar surface area (TPSA) is 246 Å². The zero-order chi connectivity index (χ0) is 48.4. The molecule has 0 spiro atoms. The van der Waals surface area contributed by atoms with Gasteiger partial charge in [0.1, 0.15) is 36.1 Å². The lowest BCUT2D eigenvalue weighted by atomic mass is 9.44. The monoisotopic (exact) mass is 921 g/mol. The van der Waals surface area contributed by atoms with Crippen molar-refractivity contribution in [1.29, 1.82) is 0 Å². The quantitative estimate of drug-likeness (QED) is 0.118. The van der Waals surface area contributed by atoms with E-state index < -0.39 is 125 Å². The average molecular weight is 922 g/mol. The minimum atomic E-state index is -2.31. The van der Waals surface area contributed by atoms with Crippen molar-refractivity contribution in [2.75, 3.05) is 27.4 Å². The van der Waals surface area contributed by atoms with E-state index in [1.165, 1.54) is 33.3 Å². The second-order valence-electron chi connectivity index (χ2n) is 17.9. The maximum absolute atomic E-state index is 15.7. The van der Waals surface area contributed by atoms with Crippen molar-refractivity contribution >= 4 is 41.7 Å². The van der Waals surface area contributed by atoms with Gasteiger partial charge in [-0.3, -0.25) is 19.2 Å². The van der Waals surface area contributed by atoms with Crippen LogP contribution in [0.4, 0.5) is 4.79 Å². The van der Waals surface area contributed by atoms with Crippen LogP contribution in [0.15, 0.2) is 71.8 Å². The summed E-state index contributed by atoms with van der Waals surface area (Å²) in [5.74, 6) is -6.90. The van der Waals surface area contributed by atoms with Gasteiger partial charge in [-0.2, -0.15) is 0 Å². The highest BCUT2D eigenvalue weighted by Gasteiger charge is 2.78. The van der Waals surface area contributed by atoms with Crippen LogP contribution in [0.2, 0.25) is 0 Å². The second-order valence-corrected chi connectivity index (χ2v) is 17.9. The van der Waals surface area contributed by atoms with Crippen LogP contribution in [-0.2, 0) is 61.9 Å². The number of carboxylic acids is 1. The molecule has 1 amide bonds. The van der Waals surface area contributed by atoms with Crippen LogP contribution in [-0.4, -0.2) is 127 Å². The lowest BCUT2D eigenvalue weighted by Crippen LogP contribution is -2.82. The summed E-state index contributed by atoms with van der Waals surface area (Å²) in [7, 11) is 2.73. The smallest absolute Gasteiger partial charge is 0.407 e. The third-order valence-electron chi connectivity index (χ3n) is 13.9. The summed E-state index contributed by atoms with van der Waals surface area (Å²) < 4.78 is 48.1. The molecule has 0 unspecified atom stereocenters. The highest BCUT2D eigenvalue weighted by Crippen LogP contribution is 2.64. The van der Waals surface area contributed by atoms with Crippen molar-refractivity contribution in [3.8, 4) is 0 Å². The van der Waals surface area contributed by atoms with E-state index in [2.05, 4.69) is 5.32 Å². The fraction of sp³-hybridized carbons (Fsp3) is 0.562. The van der Waals surface area contributed by atoms with Gasteiger partial charge in [0.15, 0.2) is 11.4 Å². The Bertz CT molecular complexity index is 2210. The average Bonchev–Trinajstić information content (AvgIpc) is 3.26. The minimum absolute atomic E-state index is 0.0488. The molecule has 2 bridgehead atoms. The molecule has 2 saturated carbocycles. The fourth-order valence-electron chi connectivity index (χ4n) is 10.6. The number of carbonyl (C=O) groups is 7. The number of ether oxygens (including phenoxy) is 8. The molecule has 1 heterocycles. The third-order valence-corrected chi connectivity index (χ3v) is 13.9. The number of Topliss-reactive ketones (excluding diaryl/α,β-unsaturated/α-hetero) is 1. The Balaban J connectivity index is 1.55. The molecule has 3 N–H and O–H groups in total. The van der Waals surface area contributed by atoms with E-state index in [0.29, 0.717) is 5.56 Å². The number of aliphatic carboxylic acids is 1. The van der Waals surface area contributed by atoms with Gasteiger partial charge in [0, 0.05) is 52.2 Å². The standard InChI is InChI=1S/C48H59NO17/c1-9-61-44(57)49-36(28-17-12-10-13-18-28)38(64-34(53)22-16-21-33(51)52)43(56)63-30-24-48(58)41(65-42(55)29-19-14-11-15-20-29)39-46(6,40(54)37(60-8)35(26(30)2)45(48,4)5)31(59-7)23-32-47(39,25-62-32)66-27(3)50/h10-15,17-20,30-32,36-39,41,58H,9,16,21-25H2,1-8H3,(H,49,57)(H,51,52)/t30-,31-,32+,36-,37+,38+,39-,41-,46+,47-,48+/m0/s1. The number of carbonyl (C=O) groups excluding carboxylic acids is 6. The molecule has 18 nitrogen and oxygen atoms in total. The summed E-state index contributed by atoms with van der Waals surface area (Å²) in [5.41, 5.74) is -6.36. The molecule has 18 heteroatoms. The highest BCUT2D eigenvalue weighted by atomic mass is 16.6. The molecule has 4 aliphatic rings. The number of amides is 1. The molecule has 3 fully saturated rings. The van der Waals surface area contributed by atoms with Crippen LogP contribution in [0.3, 0.4) is 0 Å². The van der Waals surface area contributed by atoms with E-state index in [-0.39, 0.29) is 49.2 Å². The lowest BCUT2D eigenvalue weighted by molar-refractivity contribution is -0.347. The molecule has 2 aromatic rings. The number of carboxylic acid groups (broad SMARTS) is 1. The molecule has 3 aliphatic carbocycles. The van der Waals surface area contributed by atoms with Crippen LogP contribution >= 0.6 is 0 Å². The molecule has 2 aromatic carbocycles. The number of aliphatic hydroxyl groups is 1. The first-order chi connectivity index (χ1) is 31.2. The lowest BCUT2D eigenvalue weighted by Gasteiger charge is -2.67. The van der Waals surface area contributed by atoms with Gasteiger partial charge < -0.3 is 53.4 Å². The maximum Gasteiger partial charge on any atom is 0.407 e. The SMILES string of the molecule is CCOC(=O)N[C@@H](c1ccccc1)[C@@H](OC(=O)CCCC(=O)O)C(=O)O[C@H]1C[C@@]2(O)[C@@H](OC(=O)c3ccccc3)[C@@H]3[C@]4(OC(C)=O)CO[C@@H]4C[C@H](OC)[C@@]3(C)C(=O)[C@H](OC)C(=C1C)C2(C)C. The van der Waals surface area contributed by atoms with Crippen molar-refractivity contribution in [3.05, 3.63) is 82.9 Å². The van der Waals surface area contributed by atoms with Gasteiger partial charge in [0.2, 0.25) is 6.10 Å². The summed E-state index contributed by atoms with van der Waals surface area (Å²) in [6, 6.07) is 14.6. The number of hydrogen-bond donors (Lipinski definition) is 3. The number of rotatable bonds is 16. The molecular weight excluding hydrogens is 863 g/mol. The molecule has 1 aliphatic heterocycles. The van der Waals surface area contributed by atoms with Gasteiger partial charge in [0.25, 0.3) is 0 Å². The number of alkyl carbamates (subject to hydrolysis) is 1. The Kier molecular flexibility index (Phi) is 14.8. The third kappa shape index (κ3) is 8.95. The zero-order valence-electron chi connectivity index (χ0n) is 38.4. The first-order valence-corrected chi connectivity index (χ1v) is 21.9. The Hall–Kier alpha value is -5.69. The van der Waals surface area contributed by atoms with E-state index in [0.717, 1.165) is 0 Å². The predicted molar refractivity (Wildman–Crippen MR) is 229 cm³/mol. The molecule has 0 aromatic heterocycles. The minimum Gasteiger partial charge on any atom is -0.481 e. The van der Waals surface area contributed by atoms with Crippen LogP contribution < -0.4 is 5.32 Å². The predicted octanol–water partition coefficient (Wildman–Crippen LogP) is 4.60. The van der Waals surface area contributed by atoms with Gasteiger partial charge in [-0.25, -0.2) is 14.4 Å². The molecular formula is C48H59NO17. The van der Waals surface area contributed by atoms with E-state index >= 15 is 4.79 Å². The molecule has 11 atom stereocenters. The maximum atomic E-state index is 15.7. The Labute approximate surface area is 382 Å². The number of methoxy groups -OCH3 is 2. The van der Waals surface area contributed by atoms with Crippen molar-refractivity contribution in [3.63, 3.8) is 0 Å².